The largest absolute Gasteiger partial charge is 0.419 e. The molecule has 0 saturated carbocycles. The van der Waals surface area contributed by atoms with E-state index in [0.29, 0.717) is 31.9 Å². The van der Waals surface area contributed by atoms with Crippen LogP contribution in [0.2, 0.25) is 0 Å². The molecule has 2 aromatic heterocycles. The van der Waals surface area contributed by atoms with Gasteiger partial charge in [0, 0.05) is 63.8 Å². The summed E-state index contributed by atoms with van der Waals surface area (Å²) >= 11 is 0. The van der Waals surface area contributed by atoms with Crippen LogP contribution < -0.4 is 10.2 Å². The Morgan fingerprint density at radius 3 is 2.27 bits per heavy atom. The number of anilines is 1. The van der Waals surface area contributed by atoms with E-state index in [4.69, 9.17) is 4.74 Å². The van der Waals surface area contributed by atoms with Gasteiger partial charge >= 0.3 is 12.4 Å². The van der Waals surface area contributed by atoms with Gasteiger partial charge in [0.15, 0.2) is 0 Å². The Morgan fingerprint density at radius 2 is 1.65 bits per heavy atom. The molecule has 2 aliphatic rings. The molecule has 2 aliphatic heterocycles. The Kier molecular flexibility index (Phi) is 7.62. The van der Waals surface area contributed by atoms with Crippen LogP contribution in [-0.2, 0) is 34.8 Å². The summed E-state index contributed by atoms with van der Waals surface area (Å²) in [6, 6.07) is 0.967. The van der Waals surface area contributed by atoms with Gasteiger partial charge in [0.2, 0.25) is 11.9 Å². The second kappa shape index (κ2) is 10.6. The van der Waals surface area contributed by atoms with Crippen molar-refractivity contribution in [3.63, 3.8) is 0 Å². The SMILES string of the molecule is O=C1NCCn2c(CCOCCC(=O)N3CCN(c4ncc(C(F)(F)F)cn4)CC3)cc(C(F)(F)F)c21. The topological polar surface area (TPSA) is 92.6 Å². The van der Waals surface area contributed by atoms with Crippen molar-refractivity contribution in [1.82, 2.24) is 24.8 Å². The summed E-state index contributed by atoms with van der Waals surface area (Å²) < 4.78 is 84.8. The first kappa shape index (κ1) is 26.7. The lowest BCUT2D eigenvalue weighted by atomic mass is 10.2. The van der Waals surface area contributed by atoms with Crippen molar-refractivity contribution >= 4 is 17.8 Å². The summed E-state index contributed by atoms with van der Waals surface area (Å²) in [7, 11) is 0. The van der Waals surface area contributed by atoms with E-state index in [1.807, 2.05) is 0 Å². The third-order valence-corrected chi connectivity index (χ3v) is 6.17. The monoisotopic (exact) mass is 534 g/mol. The molecule has 0 spiro atoms. The number of alkyl halides is 6. The van der Waals surface area contributed by atoms with E-state index in [1.165, 1.54) is 4.57 Å². The first-order valence-corrected chi connectivity index (χ1v) is 11.5. The maximum absolute atomic E-state index is 13.3. The van der Waals surface area contributed by atoms with Crippen molar-refractivity contribution in [2.45, 2.75) is 31.7 Å². The molecule has 15 heteroatoms. The second-order valence-corrected chi connectivity index (χ2v) is 8.55. The smallest absolute Gasteiger partial charge is 0.381 e. The molecule has 4 heterocycles. The van der Waals surface area contributed by atoms with Gasteiger partial charge < -0.3 is 24.4 Å². The van der Waals surface area contributed by atoms with Crippen LogP contribution in [0.1, 0.15) is 33.7 Å². The van der Waals surface area contributed by atoms with Crippen molar-refractivity contribution in [1.29, 1.82) is 0 Å². The standard InChI is InChI=1S/C22H24F6N6O3/c23-21(24,25)14-12-30-20(31-13-14)33-7-5-32(6-8-33)17(35)2-10-37-9-1-15-11-16(22(26,27)28)18-19(36)29-3-4-34(15)18/h11-13H,1-10H2,(H,29,36). The molecular formula is C22H24F6N6O3. The molecule has 0 aromatic carbocycles. The molecule has 2 aromatic rings. The number of carbonyl (C=O) groups excluding carboxylic acids is 2. The van der Waals surface area contributed by atoms with Crippen LogP contribution in [0.25, 0.3) is 0 Å². The number of amides is 2. The molecule has 0 aliphatic carbocycles. The average Bonchev–Trinajstić information content (AvgIpc) is 3.24. The van der Waals surface area contributed by atoms with E-state index in [1.54, 1.807) is 9.80 Å². The fraction of sp³-hybridized carbons (Fsp3) is 0.545. The molecule has 9 nitrogen and oxygen atoms in total. The van der Waals surface area contributed by atoms with Crippen LogP contribution >= 0.6 is 0 Å². The van der Waals surface area contributed by atoms with E-state index < -0.39 is 35.1 Å². The van der Waals surface area contributed by atoms with Crippen LogP contribution in [0, 0.1) is 0 Å². The number of ether oxygens (including phenoxy) is 1. The van der Waals surface area contributed by atoms with Gasteiger partial charge in [-0.1, -0.05) is 0 Å². The molecule has 0 bridgehead atoms. The highest BCUT2D eigenvalue weighted by Gasteiger charge is 2.40. The summed E-state index contributed by atoms with van der Waals surface area (Å²) in [5.74, 6) is -0.785. The number of nitrogens with zero attached hydrogens (tertiary/aromatic N) is 5. The number of halogens is 6. The van der Waals surface area contributed by atoms with Crippen LogP contribution in [0.5, 0.6) is 0 Å². The highest BCUT2D eigenvalue weighted by Crippen LogP contribution is 2.35. The van der Waals surface area contributed by atoms with Gasteiger partial charge in [-0.2, -0.15) is 26.3 Å². The number of aromatic nitrogens is 3. The van der Waals surface area contributed by atoms with Crippen LogP contribution in [0.3, 0.4) is 0 Å². The fourth-order valence-corrected chi connectivity index (χ4v) is 4.27. The summed E-state index contributed by atoms with van der Waals surface area (Å²) in [6.07, 6.45) is -7.51. The fourth-order valence-electron chi connectivity index (χ4n) is 4.27. The Morgan fingerprint density at radius 1 is 0.973 bits per heavy atom. The van der Waals surface area contributed by atoms with Crippen molar-refractivity contribution in [3.05, 3.63) is 41.0 Å². The minimum Gasteiger partial charge on any atom is -0.381 e. The van der Waals surface area contributed by atoms with Gasteiger partial charge in [-0.25, -0.2) is 9.97 Å². The highest BCUT2D eigenvalue weighted by atomic mass is 19.4. The summed E-state index contributed by atoms with van der Waals surface area (Å²) in [5.41, 5.74) is -1.97. The highest BCUT2D eigenvalue weighted by molar-refractivity contribution is 5.95. The molecule has 0 unspecified atom stereocenters. The zero-order valence-corrected chi connectivity index (χ0v) is 19.5. The van der Waals surface area contributed by atoms with Crippen molar-refractivity contribution < 1.29 is 40.7 Å². The Labute approximate surface area is 207 Å². The lowest BCUT2D eigenvalue weighted by Crippen LogP contribution is -2.49. The third kappa shape index (κ3) is 6.14. The first-order chi connectivity index (χ1) is 17.4. The second-order valence-electron chi connectivity index (χ2n) is 8.55. The van der Waals surface area contributed by atoms with E-state index in [-0.39, 0.29) is 51.0 Å². The van der Waals surface area contributed by atoms with E-state index in [0.717, 1.165) is 18.5 Å². The van der Waals surface area contributed by atoms with Gasteiger partial charge in [-0.3, -0.25) is 9.59 Å². The van der Waals surface area contributed by atoms with Gasteiger partial charge in [0.25, 0.3) is 5.91 Å². The maximum atomic E-state index is 13.3. The zero-order chi connectivity index (χ0) is 26.8. The Balaban J connectivity index is 1.21. The molecule has 2 amide bonds. The van der Waals surface area contributed by atoms with E-state index in [2.05, 4.69) is 15.3 Å². The number of hydrogen-bond acceptors (Lipinski definition) is 6. The molecule has 1 saturated heterocycles. The quantitative estimate of drug-likeness (QED) is 0.433. The first-order valence-electron chi connectivity index (χ1n) is 11.5. The van der Waals surface area contributed by atoms with Crippen molar-refractivity contribution in [2.24, 2.45) is 0 Å². The number of fused-ring (bicyclic) bond motifs is 1. The van der Waals surface area contributed by atoms with E-state index in [9.17, 15) is 35.9 Å². The number of piperazine rings is 1. The van der Waals surface area contributed by atoms with Crippen LogP contribution in [0.4, 0.5) is 32.3 Å². The summed E-state index contributed by atoms with van der Waals surface area (Å²) in [5, 5.41) is 2.42. The molecular weight excluding hydrogens is 510 g/mol. The summed E-state index contributed by atoms with van der Waals surface area (Å²) in [4.78, 5) is 35.2. The number of rotatable bonds is 7. The van der Waals surface area contributed by atoms with Crippen molar-refractivity contribution in [3.8, 4) is 0 Å². The van der Waals surface area contributed by atoms with Gasteiger partial charge in [0.1, 0.15) is 5.69 Å². The zero-order valence-electron chi connectivity index (χ0n) is 19.5. The van der Waals surface area contributed by atoms with Crippen LogP contribution in [-0.4, -0.2) is 77.2 Å². The molecule has 0 radical (unpaired) electrons. The van der Waals surface area contributed by atoms with Gasteiger partial charge in [-0.15, -0.1) is 0 Å². The number of nitrogens with one attached hydrogen (secondary N) is 1. The molecule has 1 N–H and O–H groups in total. The minimum absolute atomic E-state index is 0.0687. The lowest BCUT2D eigenvalue weighted by molar-refractivity contribution is -0.138. The molecule has 37 heavy (non-hydrogen) atoms. The third-order valence-electron chi connectivity index (χ3n) is 6.17. The predicted molar refractivity (Wildman–Crippen MR) is 117 cm³/mol. The Bertz CT molecular complexity index is 1120. The molecule has 0 atom stereocenters. The Hall–Kier alpha value is -3.36. The lowest BCUT2D eigenvalue weighted by Gasteiger charge is -2.34. The predicted octanol–water partition coefficient (Wildman–Crippen LogP) is 2.36. The van der Waals surface area contributed by atoms with Gasteiger partial charge in [-0.05, 0) is 6.07 Å². The molecule has 1 fully saturated rings. The number of hydrogen-bond donors (Lipinski definition) is 1. The molecule has 4 rings (SSSR count). The molecule has 202 valence electrons. The average molecular weight is 534 g/mol. The maximum Gasteiger partial charge on any atom is 0.419 e. The van der Waals surface area contributed by atoms with Gasteiger partial charge in [0.05, 0.1) is 30.8 Å². The van der Waals surface area contributed by atoms with Crippen LogP contribution in [0.15, 0.2) is 18.5 Å². The van der Waals surface area contributed by atoms with Crippen molar-refractivity contribution in [2.75, 3.05) is 50.8 Å². The summed E-state index contributed by atoms with van der Waals surface area (Å²) in [6.45, 7) is 1.99. The normalized spacial score (nSPS) is 16.5. The van der Waals surface area contributed by atoms with E-state index >= 15 is 0 Å². The minimum atomic E-state index is -4.65. The number of carbonyl (C=O) groups is 2.